The molecule has 2 saturated heterocycles. The number of hydrogen-bond donors (Lipinski definition) is 0. The highest BCUT2D eigenvalue weighted by molar-refractivity contribution is 5.90. The van der Waals surface area contributed by atoms with Crippen LogP contribution in [0.4, 0.5) is 0 Å². The van der Waals surface area contributed by atoms with E-state index in [1.54, 1.807) is 0 Å². The normalized spacial score (nSPS) is 25.7. The average Bonchev–Trinajstić information content (AvgIpc) is 2.39. The van der Waals surface area contributed by atoms with Gasteiger partial charge in [0.1, 0.15) is 5.41 Å². The van der Waals surface area contributed by atoms with Gasteiger partial charge in [-0.05, 0) is 12.5 Å². The monoisotopic (exact) mass is 261 g/mol. The quantitative estimate of drug-likeness (QED) is 0.803. The van der Waals surface area contributed by atoms with Crippen LogP contribution in [0.2, 0.25) is 0 Å². The van der Waals surface area contributed by atoms with Gasteiger partial charge in [-0.1, -0.05) is 30.3 Å². The van der Waals surface area contributed by atoms with Crippen LogP contribution in [0.5, 0.6) is 0 Å². The van der Waals surface area contributed by atoms with Crippen LogP contribution in [-0.2, 0) is 19.7 Å². The second-order valence-corrected chi connectivity index (χ2v) is 5.36. The summed E-state index contributed by atoms with van der Waals surface area (Å²) in [5.41, 5.74) is 0.581. The van der Waals surface area contributed by atoms with Crippen molar-refractivity contribution < 1.29 is 14.3 Å². The van der Waals surface area contributed by atoms with Crippen LogP contribution < -0.4 is 0 Å². The lowest BCUT2D eigenvalue weighted by atomic mass is 9.77. The van der Waals surface area contributed by atoms with Crippen molar-refractivity contribution in [1.82, 2.24) is 4.90 Å². The van der Waals surface area contributed by atoms with Crippen LogP contribution >= 0.6 is 0 Å². The van der Waals surface area contributed by atoms with Gasteiger partial charge in [0.05, 0.1) is 32.5 Å². The number of morpholine rings is 1. The third-order valence-corrected chi connectivity index (χ3v) is 4.06. The van der Waals surface area contributed by atoms with E-state index < -0.39 is 5.41 Å². The van der Waals surface area contributed by atoms with Crippen molar-refractivity contribution in [1.29, 1.82) is 0 Å². The predicted molar refractivity (Wildman–Crippen MR) is 70.9 cm³/mol. The lowest BCUT2D eigenvalue weighted by Gasteiger charge is -2.46. The first-order chi connectivity index (χ1) is 9.24. The zero-order valence-corrected chi connectivity index (χ0v) is 11.2. The highest BCUT2D eigenvalue weighted by Crippen LogP contribution is 2.35. The summed E-state index contributed by atoms with van der Waals surface area (Å²) < 4.78 is 10.8. The Kier molecular flexibility index (Phi) is 3.29. The fourth-order valence-electron chi connectivity index (χ4n) is 2.78. The van der Waals surface area contributed by atoms with Gasteiger partial charge in [-0.25, -0.2) is 0 Å². The summed E-state index contributed by atoms with van der Waals surface area (Å²) in [4.78, 5) is 14.8. The van der Waals surface area contributed by atoms with Crippen molar-refractivity contribution >= 4 is 5.91 Å². The van der Waals surface area contributed by atoms with E-state index >= 15 is 0 Å². The van der Waals surface area contributed by atoms with Crippen molar-refractivity contribution in [3.8, 4) is 0 Å². The van der Waals surface area contributed by atoms with Crippen molar-refractivity contribution in [2.75, 3.05) is 33.0 Å². The number of amides is 1. The topological polar surface area (TPSA) is 38.8 Å². The molecule has 4 nitrogen and oxygen atoms in total. The second kappa shape index (κ2) is 4.94. The Morgan fingerprint density at radius 3 is 2.58 bits per heavy atom. The van der Waals surface area contributed by atoms with Gasteiger partial charge in [-0.3, -0.25) is 4.79 Å². The molecule has 0 aliphatic carbocycles. The summed E-state index contributed by atoms with van der Waals surface area (Å²) in [6.07, 6.45) is 0. The van der Waals surface area contributed by atoms with E-state index in [1.165, 1.54) is 0 Å². The first-order valence-electron chi connectivity index (χ1n) is 6.76. The molecule has 0 radical (unpaired) electrons. The molecule has 2 fully saturated rings. The fourth-order valence-corrected chi connectivity index (χ4v) is 2.78. The summed E-state index contributed by atoms with van der Waals surface area (Å²) in [6.45, 7) is 4.93. The zero-order valence-electron chi connectivity index (χ0n) is 11.2. The molecular formula is C15H19NO3. The highest BCUT2D eigenvalue weighted by atomic mass is 16.5. The number of benzene rings is 1. The molecule has 2 aliphatic rings. The maximum atomic E-state index is 12.9. The maximum absolute atomic E-state index is 12.9. The highest BCUT2D eigenvalue weighted by Gasteiger charge is 2.50. The maximum Gasteiger partial charge on any atom is 0.238 e. The van der Waals surface area contributed by atoms with E-state index in [0.717, 1.165) is 5.56 Å². The van der Waals surface area contributed by atoms with Gasteiger partial charge in [-0.15, -0.1) is 0 Å². The van der Waals surface area contributed by atoms with Gasteiger partial charge in [0.15, 0.2) is 0 Å². The van der Waals surface area contributed by atoms with E-state index in [2.05, 4.69) is 0 Å². The standard InChI is InChI=1S/C15H19NO3/c1-12-9-18-8-7-16(12)14(17)15(10-19-11-15)13-5-3-2-4-6-13/h2-6,12H,7-11H2,1H3/t12-/m0/s1. The molecule has 3 rings (SSSR count). The largest absolute Gasteiger partial charge is 0.378 e. The first kappa shape index (κ1) is 12.6. The third-order valence-electron chi connectivity index (χ3n) is 4.06. The van der Waals surface area contributed by atoms with E-state index in [4.69, 9.17) is 9.47 Å². The molecule has 0 unspecified atom stereocenters. The van der Waals surface area contributed by atoms with Crippen LogP contribution in [0.25, 0.3) is 0 Å². The minimum absolute atomic E-state index is 0.141. The Bertz CT molecular complexity index is 456. The lowest BCUT2D eigenvalue weighted by molar-refractivity contribution is -0.163. The predicted octanol–water partition coefficient (Wildman–Crippen LogP) is 1.20. The lowest BCUT2D eigenvalue weighted by Crippen LogP contribution is -2.62. The zero-order chi connectivity index (χ0) is 13.3. The van der Waals surface area contributed by atoms with E-state index in [0.29, 0.717) is 33.0 Å². The van der Waals surface area contributed by atoms with Gasteiger partial charge in [0.25, 0.3) is 0 Å². The Labute approximate surface area is 113 Å². The molecule has 1 atom stereocenters. The number of nitrogens with zero attached hydrogens (tertiary/aromatic N) is 1. The number of carbonyl (C=O) groups excluding carboxylic acids is 1. The molecule has 1 aromatic carbocycles. The minimum atomic E-state index is -0.479. The summed E-state index contributed by atoms with van der Waals surface area (Å²) >= 11 is 0. The van der Waals surface area contributed by atoms with Gasteiger partial charge in [0, 0.05) is 6.54 Å². The van der Waals surface area contributed by atoms with Crippen LogP contribution in [0.3, 0.4) is 0 Å². The Morgan fingerprint density at radius 1 is 1.26 bits per heavy atom. The van der Waals surface area contributed by atoms with Gasteiger partial charge in [-0.2, -0.15) is 0 Å². The molecule has 0 spiro atoms. The molecule has 2 heterocycles. The number of rotatable bonds is 2. The summed E-state index contributed by atoms with van der Waals surface area (Å²) in [7, 11) is 0. The number of hydrogen-bond acceptors (Lipinski definition) is 3. The molecule has 0 N–H and O–H groups in total. The summed E-state index contributed by atoms with van der Waals surface area (Å²) in [5.74, 6) is 0.181. The van der Waals surface area contributed by atoms with Crippen molar-refractivity contribution in [2.24, 2.45) is 0 Å². The Hall–Kier alpha value is -1.39. The van der Waals surface area contributed by atoms with Crippen molar-refractivity contribution in [2.45, 2.75) is 18.4 Å². The fraction of sp³-hybridized carbons (Fsp3) is 0.533. The molecule has 2 aliphatic heterocycles. The molecule has 19 heavy (non-hydrogen) atoms. The first-order valence-corrected chi connectivity index (χ1v) is 6.76. The smallest absolute Gasteiger partial charge is 0.238 e. The van der Waals surface area contributed by atoms with Crippen LogP contribution in [0, 0.1) is 0 Å². The number of ether oxygens (including phenoxy) is 2. The number of carbonyl (C=O) groups is 1. The Balaban J connectivity index is 1.88. The average molecular weight is 261 g/mol. The molecule has 102 valence electrons. The molecule has 1 amide bonds. The van der Waals surface area contributed by atoms with Crippen LogP contribution in [0.1, 0.15) is 12.5 Å². The van der Waals surface area contributed by atoms with E-state index in [-0.39, 0.29) is 11.9 Å². The van der Waals surface area contributed by atoms with Crippen LogP contribution in [-0.4, -0.2) is 49.8 Å². The van der Waals surface area contributed by atoms with E-state index in [9.17, 15) is 4.79 Å². The second-order valence-electron chi connectivity index (χ2n) is 5.36. The van der Waals surface area contributed by atoms with Crippen molar-refractivity contribution in [3.05, 3.63) is 35.9 Å². The molecule has 0 aromatic heterocycles. The van der Waals surface area contributed by atoms with Crippen LogP contribution in [0.15, 0.2) is 30.3 Å². The van der Waals surface area contributed by atoms with E-state index in [1.807, 2.05) is 42.2 Å². The molecule has 0 saturated carbocycles. The summed E-state index contributed by atoms with van der Waals surface area (Å²) in [6, 6.07) is 10.1. The molecule has 0 bridgehead atoms. The molecule has 1 aromatic rings. The molecule has 4 heteroatoms. The summed E-state index contributed by atoms with van der Waals surface area (Å²) in [5, 5.41) is 0. The third kappa shape index (κ3) is 2.05. The van der Waals surface area contributed by atoms with Gasteiger partial charge >= 0.3 is 0 Å². The molecular weight excluding hydrogens is 242 g/mol. The van der Waals surface area contributed by atoms with Gasteiger partial charge in [0.2, 0.25) is 5.91 Å². The Morgan fingerprint density at radius 2 is 2.00 bits per heavy atom. The SMILES string of the molecule is C[C@H]1COCCN1C(=O)C1(c2ccccc2)COC1. The van der Waals surface area contributed by atoms with Gasteiger partial charge < -0.3 is 14.4 Å². The minimum Gasteiger partial charge on any atom is -0.378 e. The van der Waals surface area contributed by atoms with Crippen molar-refractivity contribution in [3.63, 3.8) is 0 Å².